The molecule has 3 aromatic carbocycles. The summed E-state index contributed by atoms with van der Waals surface area (Å²) in [6, 6.07) is 24.5. The van der Waals surface area contributed by atoms with Gasteiger partial charge in [-0.3, -0.25) is 9.59 Å². The third kappa shape index (κ3) is 2.95. The Kier molecular flexibility index (Phi) is 4.36. The number of aromatic nitrogens is 1. The van der Waals surface area contributed by atoms with E-state index in [9.17, 15) is 9.59 Å². The van der Waals surface area contributed by atoms with Crippen LogP contribution in [0.15, 0.2) is 85.1 Å². The highest BCUT2D eigenvalue weighted by Gasteiger charge is 2.42. The molecule has 148 valence electrons. The number of likely N-dealkylation sites (N-methyl/N-ethyl adjacent to an activating group) is 1. The van der Waals surface area contributed by atoms with Gasteiger partial charge >= 0.3 is 0 Å². The Hall–Kier alpha value is -3.86. The van der Waals surface area contributed by atoms with Gasteiger partial charge in [-0.15, -0.1) is 0 Å². The van der Waals surface area contributed by atoms with Crippen molar-refractivity contribution in [3.8, 4) is 0 Å². The summed E-state index contributed by atoms with van der Waals surface area (Å²) in [6.45, 7) is 0. The molecule has 0 unspecified atom stereocenters. The van der Waals surface area contributed by atoms with Crippen molar-refractivity contribution in [1.29, 1.82) is 0 Å². The molecule has 4 aromatic rings. The number of hydrogen-bond acceptors (Lipinski definition) is 2. The second-order valence-corrected chi connectivity index (χ2v) is 7.61. The molecule has 0 aliphatic carbocycles. The molecule has 30 heavy (non-hydrogen) atoms. The van der Waals surface area contributed by atoms with E-state index in [1.54, 1.807) is 18.0 Å². The van der Waals surface area contributed by atoms with Crippen molar-refractivity contribution in [3.63, 3.8) is 0 Å². The summed E-state index contributed by atoms with van der Waals surface area (Å²) in [5, 5.41) is 4.16. The molecule has 2 N–H and O–H groups in total. The number of anilines is 1. The van der Waals surface area contributed by atoms with E-state index < -0.39 is 5.92 Å². The quantitative estimate of drug-likeness (QED) is 0.527. The number of nitrogens with zero attached hydrogens (tertiary/aromatic N) is 1. The van der Waals surface area contributed by atoms with Crippen molar-refractivity contribution in [3.05, 3.63) is 102 Å². The fourth-order valence-electron chi connectivity index (χ4n) is 4.37. The average molecular weight is 395 g/mol. The van der Waals surface area contributed by atoms with Crippen molar-refractivity contribution in [2.75, 3.05) is 12.4 Å². The fraction of sp³-hybridized carbons (Fsp3) is 0.120. The molecular weight excluding hydrogens is 374 g/mol. The van der Waals surface area contributed by atoms with E-state index in [1.807, 2.05) is 79.0 Å². The van der Waals surface area contributed by atoms with Gasteiger partial charge in [-0.25, -0.2) is 0 Å². The molecule has 0 spiro atoms. The first-order valence-corrected chi connectivity index (χ1v) is 9.92. The summed E-state index contributed by atoms with van der Waals surface area (Å²) in [5.41, 5.74) is 3.95. The maximum atomic E-state index is 13.6. The Morgan fingerprint density at radius 2 is 1.73 bits per heavy atom. The molecular formula is C25H21N3O2. The van der Waals surface area contributed by atoms with Crippen LogP contribution in [-0.2, 0) is 4.79 Å². The third-order valence-electron chi connectivity index (χ3n) is 5.83. The smallest absolute Gasteiger partial charge is 0.254 e. The van der Waals surface area contributed by atoms with Crippen molar-refractivity contribution in [2.24, 2.45) is 0 Å². The molecule has 0 radical (unpaired) electrons. The van der Waals surface area contributed by atoms with E-state index in [2.05, 4.69) is 10.3 Å². The molecule has 1 aliphatic rings. The number of hydrogen-bond donors (Lipinski definition) is 2. The standard InChI is InChI=1S/C25H21N3O2/c1-28-23(17-7-3-2-4-8-17)22(19-9-5-6-10-20(19)25(28)30)24(29)27-18-12-11-16-13-14-26-21(16)15-18/h2-15,22-23,26H,1H3,(H,27,29)/t22-,23-/m1/s1. The number of nitrogens with one attached hydrogen (secondary N) is 2. The lowest BCUT2D eigenvalue weighted by Crippen LogP contribution is -2.44. The van der Waals surface area contributed by atoms with Gasteiger partial charge in [0.2, 0.25) is 5.91 Å². The number of H-pyrrole nitrogens is 1. The van der Waals surface area contributed by atoms with Gasteiger partial charge < -0.3 is 15.2 Å². The first-order chi connectivity index (χ1) is 14.6. The zero-order chi connectivity index (χ0) is 20.7. The fourth-order valence-corrected chi connectivity index (χ4v) is 4.37. The predicted octanol–water partition coefficient (Wildman–Crippen LogP) is 4.72. The normalized spacial score (nSPS) is 18.3. The second-order valence-electron chi connectivity index (χ2n) is 7.61. The minimum atomic E-state index is -0.523. The highest BCUT2D eigenvalue weighted by molar-refractivity contribution is 6.04. The minimum absolute atomic E-state index is 0.0729. The highest BCUT2D eigenvalue weighted by Crippen LogP contribution is 2.42. The number of aromatic amines is 1. The lowest BCUT2D eigenvalue weighted by Gasteiger charge is -2.39. The van der Waals surface area contributed by atoms with Gasteiger partial charge in [0.15, 0.2) is 0 Å². The number of amides is 2. The van der Waals surface area contributed by atoms with Gasteiger partial charge in [0.1, 0.15) is 0 Å². The van der Waals surface area contributed by atoms with E-state index in [1.165, 1.54) is 0 Å². The first kappa shape index (κ1) is 18.2. The number of carbonyl (C=O) groups excluding carboxylic acids is 2. The molecule has 1 aliphatic heterocycles. The van der Waals surface area contributed by atoms with Crippen LogP contribution in [-0.4, -0.2) is 28.7 Å². The minimum Gasteiger partial charge on any atom is -0.361 e. The molecule has 2 atom stereocenters. The Labute approximate surface area is 174 Å². The molecule has 1 aromatic heterocycles. The zero-order valence-electron chi connectivity index (χ0n) is 16.5. The monoisotopic (exact) mass is 395 g/mol. The van der Waals surface area contributed by atoms with Crippen LogP contribution in [0.2, 0.25) is 0 Å². The number of carbonyl (C=O) groups is 2. The largest absolute Gasteiger partial charge is 0.361 e. The molecule has 0 saturated heterocycles. The van der Waals surface area contributed by atoms with E-state index in [4.69, 9.17) is 0 Å². The summed E-state index contributed by atoms with van der Waals surface area (Å²) in [7, 11) is 1.77. The molecule has 2 amide bonds. The molecule has 2 heterocycles. The van der Waals surface area contributed by atoms with Gasteiger partial charge in [-0.1, -0.05) is 54.6 Å². The van der Waals surface area contributed by atoms with Gasteiger partial charge in [-0.2, -0.15) is 0 Å². The van der Waals surface area contributed by atoms with Crippen LogP contribution in [0.3, 0.4) is 0 Å². The van der Waals surface area contributed by atoms with Gasteiger partial charge in [0.05, 0.1) is 12.0 Å². The Morgan fingerprint density at radius 1 is 0.967 bits per heavy atom. The third-order valence-corrected chi connectivity index (χ3v) is 5.83. The lowest BCUT2D eigenvalue weighted by atomic mass is 9.79. The highest BCUT2D eigenvalue weighted by atomic mass is 16.2. The van der Waals surface area contributed by atoms with Gasteiger partial charge in [0, 0.05) is 30.0 Å². The van der Waals surface area contributed by atoms with Crippen molar-refractivity contribution < 1.29 is 9.59 Å². The SMILES string of the molecule is CN1C(=O)c2ccccc2[C@@H](C(=O)Nc2ccc3cc[nH]c3c2)[C@H]1c1ccccc1. The average Bonchev–Trinajstić information content (AvgIpc) is 3.24. The van der Waals surface area contributed by atoms with Crippen LogP contribution < -0.4 is 5.32 Å². The topological polar surface area (TPSA) is 65.2 Å². The Balaban J connectivity index is 1.58. The maximum Gasteiger partial charge on any atom is 0.254 e. The number of rotatable bonds is 3. The predicted molar refractivity (Wildman–Crippen MR) is 117 cm³/mol. The molecule has 5 rings (SSSR count). The van der Waals surface area contributed by atoms with Gasteiger partial charge in [-0.05, 0) is 40.8 Å². The van der Waals surface area contributed by atoms with E-state index in [0.717, 1.165) is 27.7 Å². The van der Waals surface area contributed by atoms with Crippen molar-refractivity contribution in [2.45, 2.75) is 12.0 Å². The van der Waals surface area contributed by atoms with Crippen LogP contribution in [0.25, 0.3) is 10.9 Å². The van der Waals surface area contributed by atoms with Crippen LogP contribution in [0.1, 0.15) is 33.4 Å². The summed E-state index contributed by atoms with van der Waals surface area (Å²) >= 11 is 0. The number of benzene rings is 3. The van der Waals surface area contributed by atoms with E-state index >= 15 is 0 Å². The Morgan fingerprint density at radius 3 is 2.57 bits per heavy atom. The van der Waals surface area contributed by atoms with Crippen LogP contribution in [0, 0.1) is 0 Å². The molecule has 5 heteroatoms. The summed E-state index contributed by atoms with van der Waals surface area (Å²) < 4.78 is 0. The molecule has 0 fully saturated rings. The molecule has 0 saturated carbocycles. The summed E-state index contributed by atoms with van der Waals surface area (Å²) in [5.74, 6) is -0.733. The second kappa shape index (κ2) is 7.19. The number of fused-ring (bicyclic) bond motifs is 2. The van der Waals surface area contributed by atoms with Crippen molar-refractivity contribution in [1.82, 2.24) is 9.88 Å². The first-order valence-electron chi connectivity index (χ1n) is 9.92. The van der Waals surface area contributed by atoms with Crippen LogP contribution in [0.4, 0.5) is 5.69 Å². The van der Waals surface area contributed by atoms with Crippen molar-refractivity contribution >= 4 is 28.4 Å². The maximum absolute atomic E-state index is 13.6. The molecule has 0 bridgehead atoms. The lowest BCUT2D eigenvalue weighted by molar-refractivity contribution is -0.119. The summed E-state index contributed by atoms with van der Waals surface area (Å²) in [4.78, 5) is 31.5. The zero-order valence-corrected chi connectivity index (χ0v) is 16.5. The molecule has 5 nitrogen and oxygen atoms in total. The van der Waals surface area contributed by atoms with Crippen LogP contribution in [0.5, 0.6) is 0 Å². The summed E-state index contributed by atoms with van der Waals surface area (Å²) in [6.07, 6.45) is 1.87. The van der Waals surface area contributed by atoms with E-state index in [-0.39, 0.29) is 17.9 Å². The van der Waals surface area contributed by atoms with E-state index in [0.29, 0.717) is 5.56 Å². The Bertz CT molecular complexity index is 1250. The van der Waals surface area contributed by atoms with Crippen LogP contribution >= 0.6 is 0 Å². The van der Waals surface area contributed by atoms with Gasteiger partial charge in [0.25, 0.3) is 5.91 Å².